The molecule has 3 aromatic rings. The van der Waals surface area contributed by atoms with E-state index in [0.29, 0.717) is 16.0 Å². The molecule has 4 rings (SSSR count). The average molecular weight is 652 g/mol. The van der Waals surface area contributed by atoms with Crippen LogP contribution in [0.2, 0.25) is 5.02 Å². The molecule has 12 heteroatoms. The van der Waals surface area contributed by atoms with Gasteiger partial charge in [-0.05, 0) is 85.4 Å². The first-order valence-electron chi connectivity index (χ1n) is 12.8. The number of carbonyl (C=O) groups excluding carboxylic acids is 2. The molecule has 0 aromatic heterocycles. The minimum absolute atomic E-state index is 0.0860. The lowest BCUT2D eigenvalue weighted by molar-refractivity contribution is -0.137. The van der Waals surface area contributed by atoms with Gasteiger partial charge < -0.3 is 10.4 Å². The summed E-state index contributed by atoms with van der Waals surface area (Å²) >= 11 is 8.94. The third kappa shape index (κ3) is 8.38. The van der Waals surface area contributed by atoms with E-state index in [2.05, 4.69) is 36.7 Å². The number of carbonyl (C=O) groups is 2. The van der Waals surface area contributed by atoms with Crippen molar-refractivity contribution in [3.8, 4) is 0 Å². The monoisotopic (exact) mass is 650 g/mol. The van der Waals surface area contributed by atoms with Gasteiger partial charge in [0.1, 0.15) is 0 Å². The number of hydrazone groups is 1. The third-order valence-electron chi connectivity index (χ3n) is 6.74. The number of hydrogen-bond donors (Lipinski definition) is 3. The van der Waals surface area contributed by atoms with Crippen molar-refractivity contribution >= 4 is 51.2 Å². The van der Waals surface area contributed by atoms with Gasteiger partial charge in [-0.3, -0.25) is 14.5 Å². The average Bonchev–Trinajstić information content (AvgIpc) is 2.95. The van der Waals surface area contributed by atoms with Crippen molar-refractivity contribution in [1.82, 2.24) is 10.3 Å². The zero-order chi connectivity index (χ0) is 29.6. The van der Waals surface area contributed by atoms with Crippen molar-refractivity contribution in [3.63, 3.8) is 0 Å². The quantitative estimate of drug-likeness (QED) is 0.196. The second-order valence-corrected chi connectivity index (χ2v) is 11.0. The van der Waals surface area contributed by atoms with Gasteiger partial charge in [-0.2, -0.15) is 18.3 Å². The first kappa shape index (κ1) is 30.7. The number of amides is 2. The largest absolute Gasteiger partial charge is 0.417 e. The molecule has 1 fully saturated rings. The molecule has 0 atom stereocenters. The molecule has 216 valence electrons. The molecule has 1 saturated heterocycles. The highest BCUT2D eigenvalue weighted by Gasteiger charge is 2.33. The Bertz CT molecular complexity index is 1430. The van der Waals surface area contributed by atoms with Gasteiger partial charge in [-0.1, -0.05) is 45.7 Å². The Hall–Kier alpha value is -3.25. The number of nitrogens with one attached hydrogen (secondary N) is 2. The SMILES string of the molecule is O=C(Nc1ccc(Br)cc1C(=O)N/N=C/c1ccc(Cl)c(C(F)(F)F)c1)c1ccc(CN2CCC(CO)CC2)cc1. The van der Waals surface area contributed by atoms with Gasteiger partial charge in [0.2, 0.25) is 0 Å². The molecule has 3 aromatic carbocycles. The normalized spacial score (nSPS) is 14.8. The van der Waals surface area contributed by atoms with Crippen molar-refractivity contribution in [2.24, 2.45) is 11.0 Å². The summed E-state index contributed by atoms with van der Waals surface area (Å²) in [7, 11) is 0. The summed E-state index contributed by atoms with van der Waals surface area (Å²) < 4.78 is 39.9. The Labute approximate surface area is 248 Å². The Morgan fingerprint density at radius 3 is 2.41 bits per heavy atom. The van der Waals surface area contributed by atoms with E-state index in [4.69, 9.17) is 11.6 Å². The van der Waals surface area contributed by atoms with Crippen molar-refractivity contribution in [2.45, 2.75) is 25.6 Å². The molecule has 0 aliphatic carbocycles. The zero-order valence-corrected chi connectivity index (χ0v) is 24.1. The maximum absolute atomic E-state index is 13.1. The van der Waals surface area contributed by atoms with Crippen molar-refractivity contribution in [2.75, 3.05) is 25.0 Å². The lowest BCUT2D eigenvalue weighted by Crippen LogP contribution is -2.34. The first-order valence-corrected chi connectivity index (χ1v) is 13.9. The summed E-state index contributed by atoms with van der Waals surface area (Å²) in [5.74, 6) is -0.728. The number of alkyl halides is 3. The summed E-state index contributed by atoms with van der Waals surface area (Å²) in [6, 6.07) is 15.2. The predicted molar refractivity (Wildman–Crippen MR) is 155 cm³/mol. The molecular weight excluding hydrogens is 625 g/mol. The van der Waals surface area contributed by atoms with Crippen LogP contribution in [-0.2, 0) is 12.7 Å². The van der Waals surface area contributed by atoms with Gasteiger partial charge >= 0.3 is 6.18 Å². The van der Waals surface area contributed by atoms with Gasteiger partial charge in [0, 0.05) is 23.2 Å². The number of aliphatic hydroxyl groups is 1. The summed E-state index contributed by atoms with van der Waals surface area (Å²) in [6.07, 6.45) is -1.64. The number of aliphatic hydroxyl groups excluding tert-OH is 1. The number of rotatable bonds is 8. The van der Waals surface area contributed by atoms with Crippen LogP contribution in [0.15, 0.2) is 70.2 Å². The summed E-state index contributed by atoms with van der Waals surface area (Å²) in [6.45, 7) is 2.81. The Kier molecular flexibility index (Phi) is 10.2. The van der Waals surface area contributed by atoms with E-state index in [1.807, 2.05) is 12.1 Å². The molecular formula is C29H27BrClF3N4O3. The van der Waals surface area contributed by atoms with Crippen LogP contribution < -0.4 is 10.7 Å². The topological polar surface area (TPSA) is 94.0 Å². The number of halogens is 5. The van der Waals surface area contributed by atoms with Gasteiger partial charge in [0.15, 0.2) is 0 Å². The highest BCUT2D eigenvalue weighted by atomic mass is 79.9. The number of benzene rings is 3. The lowest BCUT2D eigenvalue weighted by atomic mass is 9.97. The number of anilines is 1. The molecule has 0 saturated carbocycles. The predicted octanol–water partition coefficient (Wildman–Crippen LogP) is 6.34. The Morgan fingerprint density at radius 1 is 1.05 bits per heavy atom. The zero-order valence-electron chi connectivity index (χ0n) is 21.7. The first-order chi connectivity index (χ1) is 19.5. The highest BCUT2D eigenvalue weighted by Crippen LogP contribution is 2.35. The lowest BCUT2D eigenvalue weighted by Gasteiger charge is -2.31. The van der Waals surface area contributed by atoms with E-state index in [9.17, 15) is 27.9 Å². The highest BCUT2D eigenvalue weighted by molar-refractivity contribution is 9.10. The van der Waals surface area contributed by atoms with E-state index in [0.717, 1.165) is 56.4 Å². The molecule has 1 aliphatic rings. The van der Waals surface area contributed by atoms with Crippen LogP contribution in [-0.4, -0.2) is 47.7 Å². The van der Waals surface area contributed by atoms with E-state index in [1.165, 1.54) is 12.1 Å². The van der Waals surface area contributed by atoms with Crippen LogP contribution in [0, 0.1) is 5.92 Å². The molecule has 41 heavy (non-hydrogen) atoms. The fraction of sp³-hybridized carbons (Fsp3) is 0.276. The van der Waals surface area contributed by atoms with Crippen molar-refractivity contribution in [1.29, 1.82) is 0 Å². The van der Waals surface area contributed by atoms with Crippen LogP contribution in [0.4, 0.5) is 18.9 Å². The molecule has 0 unspecified atom stereocenters. The van der Waals surface area contributed by atoms with Crippen molar-refractivity contribution in [3.05, 3.63) is 98.0 Å². The van der Waals surface area contributed by atoms with Gasteiger partial charge in [0.05, 0.1) is 28.1 Å². The van der Waals surface area contributed by atoms with Crippen LogP contribution in [0.1, 0.15) is 50.2 Å². The Morgan fingerprint density at radius 2 is 1.76 bits per heavy atom. The molecule has 1 heterocycles. The number of nitrogens with zero attached hydrogens (tertiary/aromatic N) is 2. The summed E-state index contributed by atoms with van der Waals surface area (Å²) in [4.78, 5) is 28.1. The van der Waals surface area contributed by atoms with E-state index < -0.39 is 28.6 Å². The van der Waals surface area contributed by atoms with E-state index >= 15 is 0 Å². The molecule has 1 aliphatic heterocycles. The smallest absolute Gasteiger partial charge is 0.396 e. The second kappa shape index (κ2) is 13.6. The Balaban J connectivity index is 1.40. The van der Waals surface area contributed by atoms with E-state index in [-0.39, 0.29) is 23.4 Å². The molecule has 3 N–H and O–H groups in total. The molecule has 7 nitrogen and oxygen atoms in total. The van der Waals surface area contributed by atoms with Crippen molar-refractivity contribution < 1.29 is 27.9 Å². The van der Waals surface area contributed by atoms with Crippen LogP contribution in [0.5, 0.6) is 0 Å². The maximum atomic E-state index is 13.1. The van der Waals surface area contributed by atoms with Crippen LogP contribution >= 0.6 is 27.5 Å². The minimum atomic E-state index is -4.63. The number of likely N-dealkylation sites (tertiary alicyclic amines) is 1. The molecule has 0 radical (unpaired) electrons. The second-order valence-electron chi connectivity index (χ2n) is 9.68. The minimum Gasteiger partial charge on any atom is -0.396 e. The molecule has 0 spiro atoms. The summed E-state index contributed by atoms with van der Waals surface area (Å²) in [5.41, 5.74) is 3.15. The fourth-order valence-electron chi connectivity index (χ4n) is 4.42. The summed E-state index contributed by atoms with van der Waals surface area (Å²) in [5, 5.41) is 15.4. The van der Waals surface area contributed by atoms with Crippen LogP contribution in [0.3, 0.4) is 0 Å². The standard InChI is InChI=1S/C29H27BrClF3N4O3/c30-22-6-8-26(23(14-22)28(41)37-35-15-20-3-7-25(31)24(13-20)29(32,33)34)36-27(40)21-4-1-18(2-5-21)16-38-11-9-19(17-39)10-12-38/h1-8,13-15,19,39H,9-12,16-17H2,(H,36,40)(H,37,41)/b35-15+. The number of piperidine rings is 1. The fourth-order valence-corrected chi connectivity index (χ4v) is 5.01. The van der Waals surface area contributed by atoms with Gasteiger partial charge in [-0.15, -0.1) is 0 Å². The number of hydrogen-bond acceptors (Lipinski definition) is 5. The van der Waals surface area contributed by atoms with Crippen LogP contribution in [0.25, 0.3) is 0 Å². The molecule has 0 bridgehead atoms. The maximum Gasteiger partial charge on any atom is 0.417 e. The third-order valence-corrected chi connectivity index (χ3v) is 7.56. The molecule has 2 amide bonds. The van der Waals surface area contributed by atoms with E-state index in [1.54, 1.807) is 24.3 Å². The van der Waals surface area contributed by atoms with Gasteiger partial charge in [-0.25, -0.2) is 5.43 Å². The van der Waals surface area contributed by atoms with Gasteiger partial charge in [0.25, 0.3) is 11.8 Å².